The van der Waals surface area contributed by atoms with Crippen LogP contribution in [-0.4, -0.2) is 19.3 Å². The summed E-state index contributed by atoms with van der Waals surface area (Å²) >= 11 is 5.48. The molecule has 0 aliphatic carbocycles. The van der Waals surface area contributed by atoms with E-state index in [4.69, 9.17) is 21.7 Å². The first kappa shape index (κ1) is 19.1. The van der Waals surface area contributed by atoms with Crippen molar-refractivity contribution in [2.45, 2.75) is 33.2 Å². The molecule has 0 saturated carbocycles. The molecule has 0 unspecified atom stereocenters. The number of thiocarbonyl (C=S) groups is 1. The van der Waals surface area contributed by atoms with Crippen LogP contribution in [0, 0.1) is 0 Å². The average Bonchev–Trinajstić information content (AvgIpc) is 2.66. The van der Waals surface area contributed by atoms with Crippen LogP contribution in [0.4, 0.5) is 5.69 Å². The maximum absolute atomic E-state index is 5.48. The molecule has 0 amide bonds. The maximum Gasteiger partial charge on any atom is 0.171 e. The number of aryl methyl sites for hydroxylation is 2. The third kappa shape index (κ3) is 4.86. The molecule has 0 aliphatic heterocycles. The van der Waals surface area contributed by atoms with Crippen molar-refractivity contribution in [3.63, 3.8) is 0 Å². The van der Waals surface area contributed by atoms with Crippen molar-refractivity contribution in [3.05, 3.63) is 53.1 Å². The fraction of sp³-hybridized carbons (Fsp3) is 0.350. The van der Waals surface area contributed by atoms with Gasteiger partial charge in [-0.25, -0.2) is 0 Å². The summed E-state index contributed by atoms with van der Waals surface area (Å²) in [5.74, 6) is 1.43. The van der Waals surface area contributed by atoms with Gasteiger partial charge in [-0.15, -0.1) is 0 Å². The van der Waals surface area contributed by atoms with E-state index in [1.165, 1.54) is 11.1 Å². The Balaban J connectivity index is 2.04. The predicted octanol–water partition coefficient (Wildman–Crippen LogP) is 4.32. The Morgan fingerprint density at radius 1 is 0.960 bits per heavy atom. The lowest BCUT2D eigenvalue weighted by Crippen LogP contribution is -2.28. The van der Waals surface area contributed by atoms with Crippen LogP contribution in [0.2, 0.25) is 0 Å². The third-order valence-electron chi connectivity index (χ3n) is 4.14. The van der Waals surface area contributed by atoms with Crippen molar-refractivity contribution >= 4 is 23.0 Å². The van der Waals surface area contributed by atoms with Crippen molar-refractivity contribution in [1.29, 1.82) is 0 Å². The van der Waals surface area contributed by atoms with Crippen LogP contribution in [0.3, 0.4) is 0 Å². The molecule has 0 atom stereocenters. The predicted molar refractivity (Wildman–Crippen MR) is 108 cm³/mol. The molecule has 0 radical (unpaired) electrons. The molecule has 4 nitrogen and oxygen atoms in total. The number of rotatable bonds is 7. The lowest BCUT2D eigenvalue weighted by Gasteiger charge is -2.17. The minimum Gasteiger partial charge on any atom is -0.493 e. The minimum atomic E-state index is 0.613. The summed E-state index contributed by atoms with van der Waals surface area (Å²) < 4.78 is 10.6. The Bertz CT molecular complexity index is 709. The molecule has 0 spiro atoms. The van der Waals surface area contributed by atoms with Crippen molar-refractivity contribution < 1.29 is 9.47 Å². The highest BCUT2D eigenvalue weighted by Crippen LogP contribution is 2.27. The smallest absolute Gasteiger partial charge is 0.171 e. The second-order valence-corrected chi connectivity index (χ2v) is 6.06. The zero-order chi connectivity index (χ0) is 18.2. The molecule has 2 rings (SSSR count). The number of hydrogen-bond donors (Lipinski definition) is 2. The molecule has 2 aromatic carbocycles. The van der Waals surface area contributed by atoms with Crippen LogP contribution in [0.25, 0.3) is 0 Å². The Labute approximate surface area is 155 Å². The first-order valence-electron chi connectivity index (χ1n) is 8.49. The fourth-order valence-corrected chi connectivity index (χ4v) is 2.91. The van der Waals surface area contributed by atoms with Gasteiger partial charge in [-0.05, 0) is 53.9 Å². The molecule has 134 valence electrons. The molecular weight excluding hydrogens is 332 g/mol. The summed E-state index contributed by atoms with van der Waals surface area (Å²) in [5, 5.41) is 7.25. The number of ether oxygens (including phenoxy) is 2. The molecule has 5 heteroatoms. The highest BCUT2D eigenvalue weighted by molar-refractivity contribution is 7.80. The lowest BCUT2D eigenvalue weighted by atomic mass is 10.0. The van der Waals surface area contributed by atoms with Gasteiger partial charge in [0, 0.05) is 12.2 Å². The topological polar surface area (TPSA) is 42.5 Å². The van der Waals surface area contributed by atoms with Crippen molar-refractivity contribution in [1.82, 2.24) is 5.32 Å². The normalized spacial score (nSPS) is 10.2. The van der Waals surface area contributed by atoms with Gasteiger partial charge in [0.2, 0.25) is 0 Å². The van der Waals surface area contributed by atoms with E-state index in [9.17, 15) is 0 Å². The first-order chi connectivity index (χ1) is 12.1. The Morgan fingerprint density at radius 2 is 1.60 bits per heavy atom. The highest BCUT2D eigenvalue weighted by atomic mass is 32.1. The fourth-order valence-electron chi connectivity index (χ4n) is 2.73. The monoisotopic (exact) mass is 358 g/mol. The average molecular weight is 359 g/mol. The summed E-state index contributed by atoms with van der Waals surface area (Å²) in [4.78, 5) is 0. The second kappa shape index (κ2) is 9.28. The van der Waals surface area contributed by atoms with Crippen LogP contribution in [0.1, 0.15) is 30.5 Å². The van der Waals surface area contributed by atoms with Crippen LogP contribution < -0.4 is 20.1 Å². The summed E-state index contributed by atoms with van der Waals surface area (Å²) in [5.41, 5.74) is 4.74. The first-order valence-corrected chi connectivity index (χ1v) is 8.90. The van der Waals surface area contributed by atoms with Crippen molar-refractivity contribution in [2.24, 2.45) is 0 Å². The van der Waals surface area contributed by atoms with Crippen LogP contribution in [0.15, 0.2) is 36.4 Å². The van der Waals surface area contributed by atoms with Gasteiger partial charge < -0.3 is 20.1 Å². The number of methoxy groups -OCH3 is 2. The van der Waals surface area contributed by atoms with Gasteiger partial charge in [0.1, 0.15) is 0 Å². The van der Waals surface area contributed by atoms with E-state index in [1.807, 2.05) is 18.2 Å². The Kier molecular flexibility index (Phi) is 7.07. The van der Waals surface area contributed by atoms with Gasteiger partial charge in [0.15, 0.2) is 16.6 Å². The molecule has 0 aliphatic rings. The van der Waals surface area contributed by atoms with E-state index < -0.39 is 0 Å². The summed E-state index contributed by atoms with van der Waals surface area (Å²) in [7, 11) is 3.26. The van der Waals surface area contributed by atoms with Gasteiger partial charge in [-0.1, -0.05) is 38.1 Å². The Hall–Kier alpha value is -2.27. The number of anilines is 1. The molecule has 2 aromatic rings. The van der Waals surface area contributed by atoms with Crippen molar-refractivity contribution in [2.75, 3.05) is 19.5 Å². The second-order valence-electron chi connectivity index (χ2n) is 5.66. The molecule has 0 bridgehead atoms. The van der Waals surface area contributed by atoms with E-state index in [2.05, 4.69) is 42.7 Å². The summed E-state index contributed by atoms with van der Waals surface area (Å²) in [6.07, 6.45) is 1.93. The van der Waals surface area contributed by atoms with E-state index >= 15 is 0 Å². The molecular formula is C20H26N2O2S. The molecule has 0 fully saturated rings. The number of hydrogen-bond acceptors (Lipinski definition) is 3. The number of para-hydroxylation sites is 1. The van der Waals surface area contributed by atoms with Gasteiger partial charge in [0.05, 0.1) is 14.2 Å². The van der Waals surface area contributed by atoms with Crippen LogP contribution in [0.5, 0.6) is 11.5 Å². The number of benzene rings is 2. The van der Waals surface area contributed by atoms with E-state index in [1.54, 1.807) is 14.2 Å². The molecule has 0 saturated heterocycles. The lowest BCUT2D eigenvalue weighted by molar-refractivity contribution is 0.354. The molecule has 2 N–H and O–H groups in total. The standard InChI is InChI=1S/C20H26N2O2S/c1-5-15-8-7-9-16(6-2)19(15)22-20(25)21-13-14-10-11-17(23-3)18(12-14)24-4/h7-12H,5-6,13H2,1-4H3,(H2,21,22,25). The van der Waals surface area contributed by atoms with E-state index in [-0.39, 0.29) is 0 Å². The van der Waals surface area contributed by atoms with Gasteiger partial charge in [-0.2, -0.15) is 0 Å². The number of nitrogens with one attached hydrogen (secondary N) is 2. The SMILES string of the molecule is CCc1cccc(CC)c1NC(=S)NCc1ccc(OC)c(OC)c1. The Morgan fingerprint density at radius 3 is 2.16 bits per heavy atom. The van der Waals surface area contributed by atoms with Crippen LogP contribution in [-0.2, 0) is 19.4 Å². The zero-order valence-corrected chi connectivity index (χ0v) is 16.1. The quantitative estimate of drug-likeness (QED) is 0.722. The van der Waals surface area contributed by atoms with Crippen molar-refractivity contribution in [3.8, 4) is 11.5 Å². The molecule has 0 heterocycles. The van der Waals surface area contributed by atoms with Gasteiger partial charge >= 0.3 is 0 Å². The molecule has 25 heavy (non-hydrogen) atoms. The minimum absolute atomic E-state index is 0.613. The maximum atomic E-state index is 5.48. The van der Waals surface area contributed by atoms with Gasteiger partial charge in [0.25, 0.3) is 0 Å². The third-order valence-corrected chi connectivity index (χ3v) is 4.38. The summed E-state index contributed by atoms with van der Waals surface area (Å²) in [6.45, 7) is 4.92. The highest BCUT2D eigenvalue weighted by Gasteiger charge is 2.09. The van der Waals surface area contributed by atoms with Crippen LogP contribution >= 0.6 is 12.2 Å². The molecule has 0 aromatic heterocycles. The largest absolute Gasteiger partial charge is 0.493 e. The van der Waals surface area contributed by atoms with Gasteiger partial charge in [-0.3, -0.25) is 0 Å². The van der Waals surface area contributed by atoms with E-state index in [0.29, 0.717) is 17.4 Å². The summed E-state index contributed by atoms with van der Waals surface area (Å²) in [6, 6.07) is 12.2. The zero-order valence-electron chi connectivity index (χ0n) is 15.3. The van der Waals surface area contributed by atoms with E-state index in [0.717, 1.165) is 29.8 Å².